The Balaban J connectivity index is 2.94. The highest BCUT2D eigenvalue weighted by Crippen LogP contribution is 2.13. The van der Waals surface area contributed by atoms with Crippen molar-refractivity contribution in [3.8, 4) is 0 Å². The Morgan fingerprint density at radius 1 is 0.462 bits per heavy atom. The van der Waals surface area contributed by atoms with E-state index >= 15 is 0 Å². The molecule has 1 aromatic rings. The van der Waals surface area contributed by atoms with Crippen molar-refractivity contribution in [1.82, 2.24) is 16.0 Å². The van der Waals surface area contributed by atoms with Crippen LogP contribution in [0, 0.1) is 0 Å². The lowest BCUT2D eigenvalue weighted by atomic mass is 10.0. The molecule has 3 N–H and O–H groups in total. The Morgan fingerprint density at radius 3 is 0.949 bits per heavy atom. The Labute approximate surface area is 243 Å². The molecule has 39 heavy (non-hydrogen) atoms. The van der Waals surface area contributed by atoms with Gasteiger partial charge in [-0.2, -0.15) is 0 Å². The van der Waals surface area contributed by atoms with Crippen molar-refractivity contribution in [2.75, 3.05) is 19.6 Å². The number of carbonyl (C=O) groups excluding carboxylic acids is 3. The standard InChI is InChI=1S/C33H57N3O3/c1-4-7-10-13-16-19-22-34-31(37)28-25-29(32(38)35-23-20-17-14-11-8-5-2)27-30(26-28)33(39)36-24-21-18-15-12-9-6-3/h25-27H,4-24H2,1-3H3,(H,34,37)(H,35,38)(H,36,39)/i22D,23D,24D/t22-,23-,24-/m0/s1. The Kier molecular flexibility index (Phi) is 17.9. The first kappa shape index (κ1) is 29.6. The van der Waals surface area contributed by atoms with Crippen LogP contribution in [0.2, 0.25) is 0 Å². The third-order valence-electron chi connectivity index (χ3n) is 6.78. The van der Waals surface area contributed by atoms with Gasteiger partial charge in [-0.15, -0.1) is 0 Å². The van der Waals surface area contributed by atoms with Crippen molar-refractivity contribution >= 4 is 17.7 Å². The van der Waals surface area contributed by atoms with Crippen molar-refractivity contribution < 1.29 is 18.5 Å². The molecule has 3 amide bonds. The molecule has 0 heterocycles. The van der Waals surface area contributed by atoms with E-state index in [9.17, 15) is 14.4 Å². The molecule has 0 aliphatic heterocycles. The van der Waals surface area contributed by atoms with Crippen LogP contribution >= 0.6 is 0 Å². The molecule has 222 valence electrons. The fraction of sp³-hybridized carbons (Fsp3) is 0.727. The maximum Gasteiger partial charge on any atom is 0.251 e. The van der Waals surface area contributed by atoms with Crippen LogP contribution in [0.5, 0.6) is 0 Å². The number of amides is 3. The zero-order valence-electron chi connectivity index (χ0n) is 27.9. The summed E-state index contributed by atoms with van der Waals surface area (Å²) in [6.45, 7) is 4.08. The first-order chi connectivity index (χ1) is 20.2. The maximum atomic E-state index is 13.1. The number of unbranched alkanes of at least 4 members (excludes halogenated alkanes) is 12. The van der Waals surface area contributed by atoms with Gasteiger partial charge in [0.05, 0.1) is 0 Å². The van der Waals surface area contributed by atoms with Crippen molar-refractivity contribution in [1.29, 1.82) is 0 Å². The predicted molar refractivity (Wildman–Crippen MR) is 164 cm³/mol. The summed E-state index contributed by atoms with van der Waals surface area (Å²) in [5.41, 5.74) is 0.328. The van der Waals surface area contributed by atoms with Crippen LogP contribution in [0.15, 0.2) is 18.2 Å². The quantitative estimate of drug-likeness (QED) is 0.115. The van der Waals surface area contributed by atoms with E-state index in [1.165, 1.54) is 18.2 Å². The van der Waals surface area contributed by atoms with E-state index in [2.05, 4.69) is 36.7 Å². The van der Waals surface area contributed by atoms with Gasteiger partial charge in [0.2, 0.25) is 0 Å². The molecule has 1 rings (SSSR count). The van der Waals surface area contributed by atoms with Gasteiger partial charge in [0, 0.05) is 40.4 Å². The summed E-state index contributed by atoms with van der Waals surface area (Å²) < 4.78 is 24.8. The number of rotatable bonds is 24. The molecule has 0 spiro atoms. The van der Waals surface area contributed by atoms with E-state index in [4.69, 9.17) is 4.11 Å². The zero-order chi connectivity index (χ0) is 31.2. The summed E-state index contributed by atoms with van der Waals surface area (Å²) in [6.07, 6.45) is 17.4. The fourth-order valence-electron chi connectivity index (χ4n) is 4.32. The van der Waals surface area contributed by atoms with Crippen LogP contribution < -0.4 is 16.0 Å². The lowest BCUT2D eigenvalue weighted by Gasteiger charge is -2.12. The van der Waals surface area contributed by atoms with Crippen LogP contribution in [-0.2, 0) is 0 Å². The van der Waals surface area contributed by atoms with Gasteiger partial charge < -0.3 is 16.0 Å². The maximum absolute atomic E-state index is 13.1. The zero-order valence-corrected chi connectivity index (χ0v) is 24.9. The van der Waals surface area contributed by atoms with Crippen molar-refractivity contribution in [2.45, 2.75) is 136 Å². The molecule has 1 aromatic carbocycles. The molecule has 0 unspecified atom stereocenters. The average Bonchev–Trinajstić information content (AvgIpc) is 2.96. The second-order valence-electron chi connectivity index (χ2n) is 10.4. The first-order valence-corrected chi connectivity index (χ1v) is 15.6. The second kappa shape index (κ2) is 23.5. The molecule has 0 aliphatic carbocycles. The van der Waals surface area contributed by atoms with Gasteiger partial charge in [-0.25, -0.2) is 0 Å². The number of carbonyl (C=O) groups is 3. The van der Waals surface area contributed by atoms with Crippen LogP contribution in [0.25, 0.3) is 0 Å². The summed E-state index contributed by atoms with van der Waals surface area (Å²) in [5.74, 6) is -1.57. The summed E-state index contributed by atoms with van der Waals surface area (Å²) in [6, 6.07) is 4.24. The average molecular weight is 547 g/mol. The molecule has 0 saturated carbocycles. The Morgan fingerprint density at radius 2 is 0.692 bits per heavy atom. The van der Waals surface area contributed by atoms with Crippen LogP contribution in [-0.4, -0.2) is 37.3 Å². The van der Waals surface area contributed by atoms with Crippen LogP contribution in [0.3, 0.4) is 0 Å². The second-order valence-corrected chi connectivity index (χ2v) is 10.4. The predicted octanol–water partition coefficient (Wildman–Crippen LogP) is 7.96. The smallest absolute Gasteiger partial charge is 0.251 e. The molecule has 0 aliphatic rings. The molecular formula is C33H57N3O3. The minimum Gasteiger partial charge on any atom is -0.352 e. The minimum absolute atomic E-state index is 0.109. The SMILES string of the molecule is [2H][C@@H](CCCCCCC)NC(=O)c1cc(C(=O)N[C@@H]([2H])CCCCCCC)cc(C(=O)N[C@@H]([2H])CCCCCCC)c1. The molecule has 0 aromatic heterocycles. The Bertz CT molecular complexity index is 789. The van der Waals surface area contributed by atoms with Gasteiger partial charge >= 0.3 is 0 Å². The number of hydrogen-bond acceptors (Lipinski definition) is 3. The van der Waals surface area contributed by atoms with E-state index in [0.29, 0.717) is 19.3 Å². The van der Waals surface area contributed by atoms with Gasteiger partial charge in [-0.3, -0.25) is 14.4 Å². The van der Waals surface area contributed by atoms with Crippen molar-refractivity contribution in [3.63, 3.8) is 0 Å². The first-order valence-electron chi connectivity index (χ1n) is 17.3. The van der Waals surface area contributed by atoms with Gasteiger partial charge in [-0.1, -0.05) is 117 Å². The molecular weight excluding hydrogens is 486 g/mol. The molecule has 3 atom stereocenters. The van der Waals surface area contributed by atoms with Gasteiger partial charge in [0.25, 0.3) is 17.7 Å². The highest BCUT2D eigenvalue weighted by molar-refractivity contribution is 6.04. The number of nitrogens with one attached hydrogen (secondary N) is 3. The van der Waals surface area contributed by atoms with Crippen molar-refractivity contribution in [3.05, 3.63) is 34.9 Å². The van der Waals surface area contributed by atoms with E-state index < -0.39 is 37.3 Å². The Hall–Kier alpha value is -2.37. The molecule has 6 heteroatoms. The summed E-state index contributed by atoms with van der Waals surface area (Å²) in [4.78, 5) is 39.2. The summed E-state index contributed by atoms with van der Waals surface area (Å²) >= 11 is 0. The third kappa shape index (κ3) is 17.0. The third-order valence-corrected chi connectivity index (χ3v) is 6.78. The number of hydrogen-bond donors (Lipinski definition) is 3. The topological polar surface area (TPSA) is 87.3 Å². The van der Waals surface area contributed by atoms with Gasteiger partial charge in [-0.05, 0) is 37.5 Å². The van der Waals surface area contributed by atoms with E-state index in [1.54, 1.807) is 0 Å². The highest BCUT2D eigenvalue weighted by atomic mass is 16.2. The summed E-state index contributed by atoms with van der Waals surface area (Å²) in [5, 5.41) is 8.04. The number of benzene rings is 1. The molecule has 0 radical (unpaired) electrons. The monoisotopic (exact) mass is 546 g/mol. The normalized spacial score (nSPS) is 14.4. The summed E-state index contributed by atoms with van der Waals surface area (Å²) in [7, 11) is 0. The fourth-order valence-corrected chi connectivity index (χ4v) is 4.32. The molecule has 0 saturated heterocycles. The molecule has 6 nitrogen and oxygen atoms in total. The lowest BCUT2D eigenvalue weighted by molar-refractivity contribution is 0.0952. The van der Waals surface area contributed by atoms with Gasteiger partial charge in [0.15, 0.2) is 0 Å². The molecule has 0 fully saturated rings. The molecule has 0 bridgehead atoms. The van der Waals surface area contributed by atoms with Crippen molar-refractivity contribution in [2.24, 2.45) is 0 Å². The van der Waals surface area contributed by atoms with E-state index in [0.717, 1.165) is 96.3 Å². The van der Waals surface area contributed by atoms with Crippen LogP contribution in [0.1, 0.15) is 172 Å². The van der Waals surface area contributed by atoms with E-state index in [-0.39, 0.29) is 16.7 Å². The highest BCUT2D eigenvalue weighted by Gasteiger charge is 2.16. The minimum atomic E-state index is -0.787. The largest absolute Gasteiger partial charge is 0.352 e. The van der Waals surface area contributed by atoms with Crippen LogP contribution in [0.4, 0.5) is 0 Å². The van der Waals surface area contributed by atoms with Gasteiger partial charge in [0.1, 0.15) is 0 Å². The van der Waals surface area contributed by atoms with E-state index in [1.807, 2.05) is 0 Å². The lowest BCUT2D eigenvalue weighted by Crippen LogP contribution is -2.29.